The zero-order valence-electron chi connectivity index (χ0n) is 24.5. The van der Waals surface area contributed by atoms with Crippen LogP contribution in [0.4, 0.5) is 4.79 Å². The van der Waals surface area contributed by atoms with Crippen molar-refractivity contribution < 1.29 is 24.2 Å². The van der Waals surface area contributed by atoms with Gasteiger partial charge in [0.25, 0.3) is 0 Å². The highest BCUT2D eigenvalue weighted by atomic mass is 16.6. The van der Waals surface area contributed by atoms with Crippen molar-refractivity contribution in [2.45, 2.75) is 51.6 Å². The fraction of sp³-hybridized carbons (Fsp3) is 0.485. The van der Waals surface area contributed by atoms with Gasteiger partial charge in [0.05, 0.1) is 37.6 Å². The number of nitrogens with one attached hydrogen (secondary N) is 1. The lowest BCUT2D eigenvalue weighted by molar-refractivity contribution is -0.137. The lowest BCUT2D eigenvalue weighted by atomic mass is 9.85. The predicted octanol–water partition coefficient (Wildman–Crippen LogP) is 4.61. The molecule has 42 heavy (non-hydrogen) atoms. The van der Waals surface area contributed by atoms with Gasteiger partial charge in [0, 0.05) is 48.7 Å². The summed E-state index contributed by atoms with van der Waals surface area (Å²) in [5.74, 6) is 0.960. The van der Waals surface area contributed by atoms with Crippen molar-refractivity contribution in [1.82, 2.24) is 20.1 Å². The number of aliphatic hydroxyl groups is 1. The second-order valence-electron chi connectivity index (χ2n) is 11.3. The molecule has 1 aliphatic heterocycles. The lowest BCUT2D eigenvalue weighted by Gasteiger charge is -2.35. The van der Waals surface area contributed by atoms with Gasteiger partial charge in [-0.05, 0) is 37.8 Å². The van der Waals surface area contributed by atoms with Gasteiger partial charge in [-0.1, -0.05) is 61.7 Å². The van der Waals surface area contributed by atoms with Crippen molar-refractivity contribution in [3.05, 3.63) is 60.2 Å². The van der Waals surface area contributed by atoms with Gasteiger partial charge in [-0.3, -0.25) is 9.69 Å². The van der Waals surface area contributed by atoms with E-state index in [1.807, 2.05) is 54.6 Å². The first kappa shape index (κ1) is 29.9. The highest BCUT2D eigenvalue weighted by Crippen LogP contribution is 2.37. The van der Waals surface area contributed by atoms with E-state index < -0.39 is 6.09 Å². The normalized spacial score (nSPS) is 17.4. The van der Waals surface area contributed by atoms with Gasteiger partial charge in [-0.25, -0.2) is 9.78 Å². The third-order valence-corrected chi connectivity index (χ3v) is 8.41. The van der Waals surface area contributed by atoms with Crippen LogP contribution in [-0.2, 0) is 16.1 Å². The maximum atomic E-state index is 13.4. The van der Waals surface area contributed by atoms with E-state index >= 15 is 0 Å². The van der Waals surface area contributed by atoms with E-state index in [9.17, 15) is 9.59 Å². The Morgan fingerprint density at radius 2 is 1.81 bits per heavy atom. The molecule has 9 nitrogen and oxygen atoms in total. The Kier molecular flexibility index (Phi) is 10.4. The maximum absolute atomic E-state index is 13.4. The zero-order chi connectivity index (χ0) is 29.3. The van der Waals surface area contributed by atoms with Crippen molar-refractivity contribution in [3.63, 3.8) is 0 Å². The summed E-state index contributed by atoms with van der Waals surface area (Å²) in [5.41, 5.74) is 3.19. The minimum Gasteiger partial charge on any atom is -0.409 e. The van der Waals surface area contributed by atoms with Crippen LogP contribution in [0.1, 0.15) is 44.6 Å². The minimum atomic E-state index is -0.464. The van der Waals surface area contributed by atoms with Crippen LogP contribution >= 0.6 is 0 Å². The first-order valence-electron chi connectivity index (χ1n) is 15.2. The highest BCUT2D eigenvalue weighted by molar-refractivity contribution is 5.92. The van der Waals surface area contributed by atoms with Crippen LogP contribution in [0.5, 0.6) is 5.75 Å². The number of ether oxygens (including phenoxy) is 2. The molecule has 9 heteroatoms. The number of fused-ring (bicyclic) bond motifs is 1. The number of rotatable bonds is 11. The van der Waals surface area contributed by atoms with Gasteiger partial charge in [-0.15, -0.1) is 0 Å². The van der Waals surface area contributed by atoms with E-state index in [4.69, 9.17) is 19.6 Å². The van der Waals surface area contributed by atoms with E-state index in [2.05, 4.69) is 17.1 Å². The molecule has 2 N–H and O–H groups in total. The topological polar surface area (TPSA) is 104 Å². The number of para-hydroxylation sites is 1. The summed E-state index contributed by atoms with van der Waals surface area (Å²) in [5, 5.41) is 12.8. The second-order valence-corrected chi connectivity index (χ2v) is 11.3. The molecular formula is C33H42N4O5. The first-order chi connectivity index (χ1) is 20.5. The molecule has 0 bridgehead atoms. The standard InChI is InChI=1S/C33H42N4O5/c1-24(25-10-4-2-5-11-25)34-33(40)42-32-27-14-8-9-15-29(27)35-31(26-12-6-3-7-13-26)28(32)22-36-16-17-37(30(39)23-36)18-20-41-21-19-38/h3,6-9,12-15,24-25,38H,2,4-5,10-11,16-23H2,1H3,(H,34,40)/t24-/m0/s1. The highest BCUT2D eigenvalue weighted by Gasteiger charge is 2.28. The summed E-state index contributed by atoms with van der Waals surface area (Å²) in [6.45, 7) is 5.07. The summed E-state index contributed by atoms with van der Waals surface area (Å²) in [4.78, 5) is 35.3. The number of hydrogen-bond donors (Lipinski definition) is 2. The van der Waals surface area contributed by atoms with Crippen molar-refractivity contribution in [2.24, 2.45) is 5.92 Å². The molecule has 1 aliphatic carbocycles. The lowest BCUT2D eigenvalue weighted by Crippen LogP contribution is -2.50. The van der Waals surface area contributed by atoms with Crippen LogP contribution in [0.15, 0.2) is 54.6 Å². The zero-order valence-corrected chi connectivity index (χ0v) is 24.5. The number of carbonyl (C=O) groups excluding carboxylic acids is 2. The average Bonchev–Trinajstić information content (AvgIpc) is 3.02. The number of carbonyl (C=O) groups is 2. The van der Waals surface area contributed by atoms with E-state index in [1.165, 1.54) is 19.3 Å². The Balaban J connectivity index is 1.42. The fourth-order valence-corrected chi connectivity index (χ4v) is 6.07. The van der Waals surface area contributed by atoms with Crippen LogP contribution < -0.4 is 10.1 Å². The van der Waals surface area contributed by atoms with Crippen LogP contribution in [0.2, 0.25) is 0 Å². The van der Waals surface area contributed by atoms with Gasteiger partial charge < -0.3 is 24.8 Å². The molecule has 2 heterocycles. The van der Waals surface area contributed by atoms with E-state index in [1.54, 1.807) is 4.90 Å². The van der Waals surface area contributed by atoms with E-state index in [0.29, 0.717) is 44.5 Å². The van der Waals surface area contributed by atoms with Crippen molar-refractivity contribution in [1.29, 1.82) is 0 Å². The molecule has 224 valence electrons. The third-order valence-electron chi connectivity index (χ3n) is 8.41. The smallest absolute Gasteiger partial charge is 0.409 e. The minimum absolute atomic E-state index is 0.0189. The summed E-state index contributed by atoms with van der Waals surface area (Å²) in [6, 6.07) is 17.7. The Labute approximate surface area is 247 Å². The number of aliphatic hydroxyl groups excluding tert-OH is 1. The van der Waals surface area contributed by atoms with Crippen LogP contribution in [-0.4, -0.2) is 83.9 Å². The fourth-order valence-electron chi connectivity index (χ4n) is 6.07. The molecule has 1 saturated heterocycles. The first-order valence-corrected chi connectivity index (χ1v) is 15.2. The van der Waals surface area contributed by atoms with Crippen LogP contribution in [0, 0.1) is 5.92 Å². The number of piperazine rings is 1. The molecule has 2 amide bonds. The largest absolute Gasteiger partial charge is 0.412 e. The summed E-state index contributed by atoms with van der Waals surface area (Å²) in [7, 11) is 0. The van der Waals surface area contributed by atoms with Gasteiger partial charge in [0.15, 0.2) is 0 Å². The van der Waals surface area contributed by atoms with Crippen molar-refractivity contribution >= 4 is 22.9 Å². The van der Waals surface area contributed by atoms with Gasteiger partial charge >= 0.3 is 6.09 Å². The quantitative estimate of drug-likeness (QED) is 0.322. The molecule has 0 radical (unpaired) electrons. The molecule has 1 aromatic heterocycles. The Morgan fingerprint density at radius 3 is 2.57 bits per heavy atom. The molecular weight excluding hydrogens is 532 g/mol. The molecule has 0 spiro atoms. The predicted molar refractivity (Wildman–Crippen MR) is 162 cm³/mol. The molecule has 3 aromatic rings. The van der Waals surface area contributed by atoms with Gasteiger partial charge in [-0.2, -0.15) is 0 Å². The van der Waals surface area contributed by atoms with Gasteiger partial charge in [0.1, 0.15) is 5.75 Å². The van der Waals surface area contributed by atoms with Crippen LogP contribution in [0.3, 0.4) is 0 Å². The van der Waals surface area contributed by atoms with Crippen LogP contribution in [0.25, 0.3) is 22.2 Å². The number of benzene rings is 2. The molecule has 2 aliphatic rings. The summed E-state index contributed by atoms with van der Waals surface area (Å²) >= 11 is 0. The summed E-state index contributed by atoms with van der Waals surface area (Å²) < 4.78 is 11.6. The third kappa shape index (κ3) is 7.45. The number of nitrogens with zero attached hydrogens (tertiary/aromatic N) is 3. The number of hydrogen-bond acceptors (Lipinski definition) is 7. The molecule has 5 rings (SSSR count). The molecule has 1 saturated carbocycles. The van der Waals surface area contributed by atoms with E-state index in [-0.39, 0.29) is 31.7 Å². The monoisotopic (exact) mass is 574 g/mol. The number of amides is 2. The van der Waals surface area contributed by atoms with E-state index in [0.717, 1.165) is 40.6 Å². The van der Waals surface area contributed by atoms with Gasteiger partial charge in [0.2, 0.25) is 5.91 Å². The SMILES string of the molecule is C[C@H](NC(=O)Oc1c(CN2CCN(CCOCCO)C(=O)C2)c(-c2ccccc2)nc2ccccc12)C1CCCCC1. The molecule has 0 unspecified atom stereocenters. The number of pyridine rings is 1. The Bertz CT molecular complexity index is 1350. The second kappa shape index (κ2) is 14.6. The Hall–Kier alpha value is -3.53. The maximum Gasteiger partial charge on any atom is 0.412 e. The average molecular weight is 575 g/mol. The summed E-state index contributed by atoms with van der Waals surface area (Å²) in [6.07, 6.45) is 5.44. The molecule has 1 atom stereocenters. The Morgan fingerprint density at radius 1 is 1.05 bits per heavy atom. The van der Waals surface area contributed by atoms with Crippen molar-refractivity contribution in [3.8, 4) is 17.0 Å². The van der Waals surface area contributed by atoms with Crippen molar-refractivity contribution in [2.75, 3.05) is 46.0 Å². The number of aromatic nitrogens is 1. The molecule has 2 fully saturated rings. The molecule has 2 aromatic carbocycles.